The van der Waals surface area contributed by atoms with Gasteiger partial charge in [-0.05, 0) is 0 Å². The third-order valence-electron chi connectivity index (χ3n) is 3.40. The van der Waals surface area contributed by atoms with Crippen molar-refractivity contribution in [2.24, 2.45) is 0 Å². The maximum atomic E-state index is 2.38. The van der Waals surface area contributed by atoms with E-state index in [1.54, 1.807) is 0 Å². The molecule has 0 N–H and O–H groups in total. The van der Waals surface area contributed by atoms with Gasteiger partial charge in [-0.1, -0.05) is 0 Å². The largest absolute Gasteiger partial charge is 0.261 e. The van der Waals surface area contributed by atoms with Gasteiger partial charge in [0.15, 0.2) is 0 Å². The van der Waals surface area contributed by atoms with Gasteiger partial charge in [-0.15, -0.1) is 20.0 Å². The second kappa shape index (κ2) is 0.523. The Hall–Kier alpha value is -0.240. The average molecular weight is 136 g/mol. The van der Waals surface area contributed by atoms with Gasteiger partial charge in [-0.3, -0.25) is 0 Å². The Labute approximate surface area is 56.3 Å². The minimum Gasteiger partial charge on any atom is -0.208 e. The third-order valence-corrected chi connectivity index (χ3v) is 3.40. The Morgan fingerprint density at radius 2 is 1.00 bits per heavy atom. The van der Waals surface area contributed by atoms with E-state index < -0.39 is 0 Å². The lowest BCUT2D eigenvalue weighted by molar-refractivity contribution is -0.0425. The highest BCUT2D eigenvalue weighted by Crippen LogP contribution is 3.10. The molecule has 10 heavy (non-hydrogen) atoms. The van der Waals surface area contributed by atoms with Gasteiger partial charge in [0.05, 0.1) is 13.3 Å². The van der Waals surface area contributed by atoms with Crippen LogP contribution in [0.2, 0.25) is 0 Å². The van der Waals surface area contributed by atoms with Gasteiger partial charge < -0.3 is 0 Å². The number of rotatable bonds is 0. The minimum atomic E-state index is 0.500. The van der Waals surface area contributed by atoms with Gasteiger partial charge in [0, 0.05) is 0 Å². The molecule has 6 heteroatoms. The number of nitrogens with zero attached hydrogens (tertiary/aromatic N) is 6. The normalized spacial score (nSPS) is 108. The molecule has 2 spiro atoms. The van der Waals surface area contributed by atoms with Crippen molar-refractivity contribution < 1.29 is 0 Å². The predicted molar refractivity (Wildman–Crippen MR) is 26.2 cm³/mol. The summed E-state index contributed by atoms with van der Waals surface area (Å²) in [5.74, 6) is 1.00. The lowest BCUT2D eigenvalue weighted by atomic mass is 10.3. The first kappa shape index (κ1) is 3.44. The lowest BCUT2D eigenvalue weighted by Crippen LogP contribution is -2.62. The zero-order chi connectivity index (χ0) is 5.88. The number of hydrogen-bond donors (Lipinski definition) is 0. The van der Waals surface area contributed by atoms with Crippen LogP contribution in [0.5, 0.6) is 0 Å². The van der Waals surface area contributed by atoms with Crippen molar-refractivity contribution in [2.45, 2.75) is 11.8 Å². The summed E-state index contributed by atoms with van der Waals surface area (Å²) in [4.78, 5) is 0. The second-order valence-corrected chi connectivity index (χ2v) is 3.74. The van der Waals surface area contributed by atoms with E-state index in [9.17, 15) is 0 Å². The molecule has 0 aromatic rings. The monoisotopic (exact) mass is 136 g/mol. The Balaban J connectivity index is 0.0000000714. The van der Waals surface area contributed by atoms with Gasteiger partial charge in [-0.25, -0.2) is 10.0 Å². The average Bonchev–Trinajstić information content (AvgIpc) is 2.47. The molecule has 0 bridgehead atoms. The van der Waals surface area contributed by atoms with Gasteiger partial charge in [0.25, 0.3) is 11.8 Å². The van der Waals surface area contributed by atoms with E-state index in [4.69, 9.17) is 0 Å². The van der Waals surface area contributed by atoms with Gasteiger partial charge >= 0.3 is 0 Å². The SMILES string of the molecule is C1N2CN12.N12N3C14N1N4C231. The summed E-state index contributed by atoms with van der Waals surface area (Å²) in [5.41, 5.74) is 0. The fraction of sp³-hybridized carbons (Fsp3) is 1.00. The van der Waals surface area contributed by atoms with E-state index in [2.05, 4.69) is 30.1 Å². The summed E-state index contributed by atoms with van der Waals surface area (Å²) >= 11 is 0. The molecule has 0 radical (unpaired) electrons. The van der Waals surface area contributed by atoms with Gasteiger partial charge in [-0.2, -0.15) is 0 Å². The summed E-state index contributed by atoms with van der Waals surface area (Å²) in [7, 11) is 0. The molecule has 0 saturated carbocycles. The molecule has 0 aromatic carbocycles. The van der Waals surface area contributed by atoms with Crippen molar-refractivity contribution in [2.75, 3.05) is 13.3 Å². The van der Waals surface area contributed by atoms with Crippen molar-refractivity contribution in [1.82, 2.24) is 30.1 Å². The van der Waals surface area contributed by atoms with Crippen molar-refractivity contribution in [3.8, 4) is 0 Å². The molecule has 6 fully saturated rings. The Morgan fingerprint density at radius 3 is 1.00 bits per heavy atom. The summed E-state index contributed by atoms with van der Waals surface area (Å²) in [6.07, 6.45) is 0. The van der Waals surface area contributed by atoms with Crippen molar-refractivity contribution in [3.63, 3.8) is 0 Å². The predicted octanol–water partition coefficient (Wildman–Crippen LogP) is -2.24. The molecule has 6 rings (SSSR count). The van der Waals surface area contributed by atoms with E-state index in [0.717, 1.165) is 0 Å². The highest BCUT2D eigenvalue weighted by Gasteiger charge is 3.41. The smallest absolute Gasteiger partial charge is 0.208 e. The first-order chi connectivity index (χ1) is 4.94. The highest BCUT2D eigenvalue weighted by molar-refractivity contribution is 5.62. The van der Waals surface area contributed by atoms with Crippen LogP contribution in [-0.4, -0.2) is 55.2 Å². The molecule has 6 heterocycles. The van der Waals surface area contributed by atoms with Crippen LogP contribution in [0.3, 0.4) is 0 Å². The molecule has 0 aliphatic carbocycles. The van der Waals surface area contributed by atoms with Crippen LogP contribution in [0.1, 0.15) is 0 Å². The van der Waals surface area contributed by atoms with Crippen LogP contribution < -0.4 is 0 Å². The summed E-state index contributed by atoms with van der Waals surface area (Å²) < 4.78 is 0. The number of hydrogen-bond acceptors (Lipinski definition) is 6. The molecular formula is C4H4N6. The molecule has 0 amide bonds. The molecule has 50 valence electrons. The van der Waals surface area contributed by atoms with Crippen molar-refractivity contribution >= 4 is 0 Å². The molecule has 0 aromatic heterocycles. The van der Waals surface area contributed by atoms with Gasteiger partial charge in [0.2, 0.25) is 0 Å². The zero-order valence-electron chi connectivity index (χ0n) is 5.10. The van der Waals surface area contributed by atoms with E-state index in [1.807, 2.05) is 0 Å². The topological polar surface area (TPSA) is 18.1 Å². The molecule has 0 atom stereocenters. The second-order valence-electron chi connectivity index (χ2n) is 3.74. The van der Waals surface area contributed by atoms with Crippen LogP contribution in [0.4, 0.5) is 0 Å². The molecule has 6 aliphatic heterocycles. The molecule has 6 aliphatic rings. The van der Waals surface area contributed by atoms with E-state index in [-0.39, 0.29) is 0 Å². The minimum absolute atomic E-state index is 0.500. The van der Waals surface area contributed by atoms with Crippen LogP contribution in [-0.2, 0) is 0 Å². The molecule has 0 unspecified atom stereocenters. The van der Waals surface area contributed by atoms with E-state index >= 15 is 0 Å². The van der Waals surface area contributed by atoms with Crippen LogP contribution in [0.25, 0.3) is 0 Å². The van der Waals surface area contributed by atoms with Crippen LogP contribution in [0, 0.1) is 0 Å². The summed E-state index contributed by atoms with van der Waals surface area (Å²) in [6.45, 7) is 2.50. The molecule has 6 nitrogen and oxygen atoms in total. The Kier molecular flexibility index (Phi) is 0.180. The van der Waals surface area contributed by atoms with E-state index in [0.29, 0.717) is 11.8 Å². The molecular weight excluding hydrogens is 132 g/mol. The Bertz CT molecular complexity index is 243. The Morgan fingerprint density at radius 1 is 0.700 bits per heavy atom. The lowest BCUT2D eigenvalue weighted by Gasteiger charge is -2.28. The summed E-state index contributed by atoms with van der Waals surface area (Å²) in [5, 5.41) is 14.0. The van der Waals surface area contributed by atoms with Crippen molar-refractivity contribution in [3.05, 3.63) is 0 Å². The van der Waals surface area contributed by atoms with Crippen molar-refractivity contribution in [1.29, 1.82) is 0 Å². The van der Waals surface area contributed by atoms with Crippen LogP contribution >= 0.6 is 0 Å². The van der Waals surface area contributed by atoms with E-state index in [1.165, 1.54) is 13.3 Å². The maximum absolute atomic E-state index is 2.38. The third kappa shape index (κ3) is 0.114. The maximum Gasteiger partial charge on any atom is 0.261 e. The first-order valence-electron chi connectivity index (χ1n) is 3.65. The quantitative estimate of drug-likeness (QED) is 0.348. The molecule has 6 saturated heterocycles. The standard InChI is InChI=1S/C2N4.C2H4N2/c3-1-4(3)2(3)5(1)6(1)2;1-3-2-4(1)3/h;1-2H2. The van der Waals surface area contributed by atoms with Crippen LogP contribution in [0.15, 0.2) is 0 Å². The number of fused-ring (bicyclic) bond motifs is 11. The fourth-order valence-corrected chi connectivity index (χ4v) is 2.35. The fourth-order valence-electron chi connectivity index (χ4n) is 2.35. The number of hydrazine groups is 3. The first-order valence-corrected chi connectivity index (χ1v) is 3.65. The van der Waals surface area contributed by atoms with Gasteiger partial charge in [0.1, 0.15) is 0 Å². The zero-order valence-corrected chi connectivity index (χ0v) is 5.10. The summed E-state index contributed by atoms with van der Waals surface area (Å²) in [6, 6.07) is 0. The highest BCUT2D eigenvalue weighted by atomic mass is 16.7.